The van der Waals surface area contributed by atoms with Crippen molar-refractivity contribution in [3.05, 3.63) is 0 Å². The Kier molecular flexibility index (Phi) is 7.17. The van der Waals surface area contributed by atoms with Crippen molar-refractivity contribution in [1.82, 2.24) is 0 Å². The summed E-state index contributed by atoms with van der Waals surface area (Å²) in [6, 6.07) is 0. The Labute approximate surface area is 79.5 Å². The van der Waals surface area contributed by atoms with E-state index in [1.54, 1.807) is 13.8 Å². The number of hydrogen-bond acceptors (Lipinski definition) is 4. The van der Waals surface area contributed by atoms with Crippen molar-refractivity contribution in [2.45, 2.75) is 39.1 Å². The third kappa shape index (κ3) is 9.76. The van der Waals surface area contributed by atoms with Crippen molar-refractivity contribution in [3.63, 3.8) is 0 Å². The third-order valence-corrected chi connectivity index (χ3v) is 1.33. The molecule has 0 radical (unpaired) electrons. The van der Waals surface area contributed by atoms with E-state index < -0.39 is 12.2 Å². The highest BCUT2D eigenvalue weighted by Crippen LogP contribution is 1.95. The molecule has 3 atom stereocenters. The van der Waals surface area contributed by atoms with Gasteiger partial charge in [0.1, 0.15) is 0 Å². The molecule has 0 heterocycles. The van der Waals surface area contributed by atoms with E-state index >= 15 is 0 Å². The Morgan fingerprint density at radius 3 is 1.92 bits per heavy atom. The van der Waals surface area contributed by atoms with Crippen LogP contribution in [-0.2, 0) is 9.47 Å². The number of rotatable bonds is 7. The molecular formula is C9H20O4. The second-order valence-electron chi connectivity index (χ2n) is 3.38. The summed E-state index contributed by atoms with van der Waals surface area (Å²) < 4.78 is 10.4. The normalized spacial score (nSPS) is 18.2. The fraction of sp³-hybridized carbons (Fsp3) is 1.00. The molecule has 2 N–H and O–H groups in total. The molecule has 80 valence electrons. The lowest BCUT2D eigenvalue weighted by molar-refractivity contribution is -0.0492. The Balaban J connectivity index is 3.25. The predicted molar refractivity (Wildman–Crippen MR) is 49.6 cm³/mol. The van der Waals surface area contributed by atoms with Crippen LogP contribution >= 0.6 is 0 Å². The topological polar surface area (TPSA) is 58.9 Å². The Hall–Kier alpha value is -0.160. The zero-order valence-corrected chi connectivity index (χ0v) is 8.56. The lowest BCUT2D eigenvalue weighted by Crippen LogP contribution is -2.23. The first kappa shape index (κ1) is 12.8. The SMILES string of the molecule is CC(O)COCC(C)OCC(C)O. The largest absolute Gasteiger partial charge is 0.391 e. The Morgan fingerprint density at radius 2 is 1.46 bits per heavy atom. The molecule has 0 amide bonds. The van der Waals surface area contributed by atoms with Crippen LogP contribution in [0, 0.1) is 0 Å². The number of aliphatic hydroxyl groups excluding tert-OH is 2. The summed E-state index contributed by atoms with van der Waals surface area (Å²) >= 11 is 0. The van der Waals surface area contributed by atoms with Crippen LogP contribution in [-0.4, -0.2) is 48.3 Å². The molecule has 0 aliphatic rings. The van der Waals surface area contributed by atoms with E-state index in [2.05, 4.69) is 0 Å². The van der Waals surface area contributed by atoms with Gasteiger partial charge in [-0.05, 0) is 20.8 Å². The van der Waals surface area contributed by atoms with E-state index in [9.17, 15) is 0 Å². The van der Waals surface area contributed by atoms with Gasteiger partial charge >= 0.3 is 0 Å². The maximum absolute atomic E-state index is 8.91. The van der Waals surface area contributed by atoms with E-state index in [1.165, 1.54) is 0 Å². The average Bonchev–Trinajstić information content (AvgIpc) is 2.00. The van der Waals surface area contributed by atoms with Crippen molar-refractivity contribution in [2.24, 2.45) is 0 Å². The van der Waals surface area contributed by atoms with Crippen molar-refractivity contribution < 1.29 is 19.7 Å². The average molecular weight is 192 g/mol. The fourth-order valence-corrected chi connectivity index (χ4v) is 0.756. The minimum atomic E-state index is -0.445. The molecule has 0 aliphatic carbocycles. The van der Waals surface area contributed by atoms with Crippen LogP contribution in [0.4, 0.5) is 0 Å². The number of aliphatic hydroxyl groups is 2. The van der Waals surface area contributed by atoms with E-state index in [-0.39, 0.29) is 6.10 Å². The molecule has 3 unspecified atom stereocenters. The minimum absolute atomic E-state index is 0.0478. The zero-order chi connectivity index (χ0) is 10.3. The summed E-state index contributed by atoms with van der Waals surface area (Å²) in [5.74, 6) is 0. The molecule has 0 saturated heterocycles. The third-order valence-electron chi connectivity index (χ3n) is 1.33. The molecule has 0 bridgehead atoms. The maximum Gasteiger partial charge on any atom is 0.0781 e. The molecule has 4 nitrogen and oxygen atoms in total. The summed E-state index contributed by atoms with van der Waals surface area (Å²) in [6.45, 7) is 6.29. The van der Waals surface area contributed by atoms with Gasteiger partial charge in [-0.2, -0.15) is 0 Å². The van der Waals surface area contributed by atoms with Gasteiger partial charge in [-0.25, -0.2) is 0 Å². The van der Waals surface area contributed by atoms with Crippen molar-refractivity contribution in [3.8, 4) is 0 Å². The first-order chi connectivity index (χ1) is 6.02. The molecule has 0 fully saturated rings. The maximum atomic E-state index is 8.91. The Bertz CT molecular complexity index is 114. The summed E-state index contributed by atoms with van der Waals surface area (Å²) in [5, 5.41) is 17.8. The van der Waals surface area contributed by atoms with Gasteiger partial charge in [0, 0.05) is 0 Å². The van der Waals surface area contributed by atoms with Crippen molar-refractivity contribution in [2.75, 3.05) is 19.8 Å². The molecule has 0 spiro atoms. The fourth-order valence-electron chi connectivity index (χ4n) is 0.756. The second-order valence-corrected chi connectivity index (χ2v) is 3.38. The summed E-state index contributed by atoms with van der Waals surface area (Å²) in [6.07, 6.45) is -0.934. The van der Waals surface area contributed by atoms with E-state index in [0.29, 0.717) is 19.8 Å². The van der Waals surface area contributed by atoms with Crippen LogP contribution in [0.2, 0.25) is 0 Å². The summed E-state index contributed by atoms with van der Waals surface area (Å²) in [5.41, 5.74) is 0. The molecule has 13 heavy (non-hydrogen) atoms. The lowest BCUT2D eigenvalue weighted by atomic mass is 10.4. The Morgan fingerprint density at radius 1 is 0.923 bits per heavy atom. The van der Waals surface area contributed by atoms with Crippen LogP contribution in [0.15, 0.2) is 0 Å². The highest BCUT2D eigenvalue weighted by atomic mass is 16.5. The van der Waals surface area contributed by atoms with Crippen LogP contribution in [0.25, 0.3) is 0 Å². The molecule has 0 aliphatic heterocycles. The molecule has 0 aromatic heterocycles. The zero-order valence-electron chi connectivity index (χ0n) is 8.56. The number of ether oxygens (including phenoxy) is 2. The summed E-state index contributed by atoms with van der Waals surface area (Å²) in [4.78, 5) is 0. The van der Waals surface area contributed by atoms with Gasteiger partial charge in [-0.3, -0.25) is 0 Å². The molecule has 0 aromatic rings. The van der Waals surface area contributed by atoms with Gasteiger partial charge < -0.3 is 19.7 Å². The lowest BCUT2D eigenvalue weighted by Gasteiger charge is -2.15. The molecular weight excluding hydrogens is 172 g/mol. The van der Waals surface area contributed by atoms with Crippen molar-refractivity contribution in [1.29, 1.82) is 0 Å². The van der Waals surface area contributed by atoms with Gasteiger partial charge in [0.15, 0.2) is 0 Å². The van der Waals surface area contributed by atoms with Crippen LogP contribution < -0.4 is 0 Å². The van der Waals surface area contributed by atoms with E-state index in [0.717, 1.165) is 0 Å². The van der Waals surface area contributed by atoms with E-state index in [4.69, 9.17) is 19.7 Å². The van der Waals surface area contributed by atoms with E-state index in [1.807, 2.05) is 6.92 Å². The monoisotopic (exact) mass is 192 g/mol. The highest BCUT2D eigenvalue weighted by molar-refractivity contribution is 4.51. The number of hydrogen-bond donors (Lipinski definition) is 2. The van der Waals surface area contributed by atoms with Gasteiger partial charge in [0.2, 0.25) is 0 Å². The van der Waals surface area contributed by atoms with Gasteiger partial charge in [-0.15, -0.1) is 0 Å². The second kappa shape index (κ2) is 7.26. The molecule has 0 rings (SSSR count). The molecule has 4 heteroatoms. The first-order valence-corrected chi connectivity index (χ1v) is 4.57. The standard InChI is InChI=1S/C9H20O4/c1-7(10)4-12-6-9(3)13-5-8(2)11/h7-11H,4-6H2,1-3H3. The quantitative estimate of drug-likeness (QED) is 0.603. The molecule has 0 aromatic carbocycles. The summed E-state index contributed by atoms with van der Waals surface area (Å²) in [7, 11) is 0. The van der Waals surface area contributed by atoms with Gasteiger partial charge in [-0.1, -0.05) is 0 Å². The van der Waals surface area contributed by atoms with Gasteiger partial charge in [0.25, 0.3) is 0 Å². The smallest absolute Gasteiger partial charge is 0.0781 e. The van der Waals surface area contributed by atoms with Gasteiger partial charge in [0.05, 0.1) is 38.1 Å². The predicted octanol–water partition coefficient (Wildman–Crippen LogP) is 0.170. The van der Waals surface area contributed by atoms with Crippen LogP contribution in [0.1, 0.15) is 20.8 Å². The van der Waals surface area contributed by atoms with Crippen LogP contribution in [0.5, 0.6) is 0 Å². The van der Waals surface area contributed by atoms with Crippen LogP contribution in [0.3, 0.4) is 0 Å². The molecule has 0 saturated carbocycles. The first-order valence-electron chi connectivity index (χ1n) is 4.57. The van der Waals surface area contributed by atoms with Crippen molar-refractivity contribution >= 4 is 0 Å². The highest BCUT2D eigenvalue weighted by Gasteiger charge is 2.05. The minimum Gasteiger partial charge on any atom is -0.391 e.